The predicted molar refractivity (Wildman–Crippen MR) is 447 cm³/mol. The number of hydrogen-bond acceptors (Lipinski definition) is 10. The standard InChI is InChI=1S/C36H23BN4S.C28H18BNO2.C28H18BNOS/c1-3-14-25(15-4-1)37-34-32(27-18-8-11-21-30(27)40(34)26-16-5-2-6-17-26)41(33-28-19-9-12-22-31(28)42-35(33)37)36-38-23-24-13-7-10-20-29(24)39-36;1-3-11-19(12-4-1)29-25-21-15-7-9-17-23(21)32-28(25)30(20-13-5-2-6-14-20)26-22-16-8-10-18-24(22)31-27(26)29;1-3-11-19(12-4-1)29-25-22-16-8-10-18-24(22)32-28(25)30(20-13-5-2-6-14-20)26-21-15-7-9-17-23(21)31-27(26)29/h1-23H;2*1-18H. The second kappa shape index (κ2) is 25.4. The fourth-order valence-electron chi connectivity index (χ4n) is 16.5. The van der Waals surface area contributed by atoms with Crippen LogP contribution in [0.1, 0.15) is 0 Å². The first-order valence-electron chi connectivity index (χ1n) is 35.8. The first kappa shape index (κ1) is 61.5. The zero-order valence-electron chi connectivity index (χ0n) is 57.0. The van der Waals surface area contributed by atoms with Crippen molar-refractivity contribution in [1.82, 2.24) is 14.5 Å². The number of hydrogen-bond donors (Lipinski definition) is 0. The van der Waals surface area contributed by atoms with Crippen LogP contribution in [0.4, 0.5) is 51.0 Å². The van der Waals surface area contributed by atoms with Crippen molar-refractivity contribution in [2.45, 2.75) is 0 Å². The number of anilines is 9. The van der Waals surface area contributed by atoms with Crippen LogP contribution in [-0.4, -0.2) is 34.7 Å². The van der Waals surface area contributed by atoms with Crippen LogP contribution in [0.5, 0.6) is 0 Å². The summed E-state index contributed by atoms with van der Waals surface area (Å²) >= 11 is 3.73. The van der Waals surface area contributed by atoms with Gasteiger partial charge in [-0.3, -0.25) is 14.7 Å². The molecule has 0 saturated heterocycles. The van der Waals surface area contributed by atoms with E-state index in [0.717, 1.165) is 101 Å². The predicted octanol–water partition coefficient (Wildman–Crippen LogP) is 18.5. The second-order valence-electron chi connectivity index (χ2n) is 26.9. The molecule has 13 aromatic carbocycles. The van der Waals surface area contributed by atoms with Gasteiger partial charge in [0.1, 0.15) is 16.7 Å². The Hall–Kier alpha value is -13.1. The Kier molecular flexibility index (Phi) is 14.7. The van der Waals surface area contributed by atoms with E-state index in [-0.39, 0.29) is 20.1 Å². The summed E-state index contributed by atoms with van der Waals surface area (Å²) in [5, 5.41) is 9.34. The molecule has 0 bridgehead atoms. The van der Waals surface area contributed by atoms with Gasteiger partial charge < -0.3 is 17.8 Å². The third kappa shape index (κ3) is 9.86. The molecule has 20 aromatic rings. The Balaban J connectivity index is 0.000000104. The Bertz CT molecular complexity index is 6240. The van der Waals surface area contributed by atoms with Gasteiger partial charge in [0, 0.05) is 80.8 Å². The first-order chi connectivity index (χ1) is 52.7. The Labute approximate surface area is 619 Å². The quantitative estimate of drug-likeness (QED) is 0.146. The Morgan fingerprint density at radius 2 is 0.755 bits per heavy atom. The highest BCUT2D eigenvalue weighted by molar-refractivity contribution is 7.33. The molecular weight excluding hydrogens is 1330 g/mol. The summed E-state index contributed by atoms with van der Waals surface area (Å²) in [5.74, 6) is 1.53. The molecule has 0 atom stereocenters. The monoisotopic (exact) mass is 1390 g/mol. The highest BCUT2D eigenvalue weighted by Crippen LogP contribution is 2.49. The van der Waals surface area contributed by atoms with Crippen molar-refractivity contribution in [2.24, 2.45) is 0 Å². The lowest BCUT2D eigenvalue weighted by molar-refractivity contribution is 0.618. The molecule has 23 rings (SSSR count). The van der Waals surface area contributed by atoms with Crippen LogP contribution in [0.25, 0.3) is 80.6 Å². The van der Waals surface area contributed by atoms with Crippen LogP contribution in [0, 0.1) is 0 Å². The number of nitrogens with zero attached hydrogens (tertiary/aromatic N) is 6. The van der Waals surface area contributed by atoms with E-state index >= 15 is 0 Å². The van der Waals surface area contributed by atoms with Crippen molar-refractivity contribution >= 4 is 218 Å². The highest BCUT2D eigenvalue weighted by atomic mass is 32.1. The Morgan fingerprint density at radius 1 is 0.311 bits per heavy atom. The smallest absolute Gasteiger partial charge is 0.297 e. The summed E-state index contributed by atoms with van der Waals surface area (Å²) in [7, 11) is 0. The van der Waals surface area contributed by atoms with Crippen molar-refractivity contribution in [3.05, 3.63) is 358 Å². The van der Waals surface area contributed by atoms with E-state index in [0.29, 0.717) is 5.95 Å². The van der Waals surface area contributed by atoms with Crippen LogP contribution in [0.3, 0.4) is 0 Å². The van der Waals surface area contributed by atoms with Gasteiger partial charge in [-0.1, -0.05) is 277 Å². The van der Waals surface area contributed by atoms with Crippen LogP contribution >= 0.6 is 22.7 Å². The lowest BCUT2D eigenvalue weighted by Crippen LogP contribution is -2.58. The molecule has 3 aliphatic heterocycles. The number of fused-ring (bicyclic) bond motifs is 19. The second-order valence-corrected chi connectivity index (χ2v) is 29.0. The molecule has 7 aromatic heterocycles. The van der Waals surface area contributed by atoms with Crippen molar-refractivity contribution in [1.29, 1.82) is 0 Å². The van der Waals surface area contributed by atoms with Gasteiger partial charge in [0.15, 0.2) is 0 Å². The SMILES string of the molecule is c1ccc(B2c3oc4ccccc4c3N(c3ccccc3)c3oc4ccccc4c32)cc1.c1ccc(B2c3oc4ccccc4c3N(c3ccccc3)c3sc4ccccc4c32)cc1.c1ccc(B2c3sc4ccccc4c3N(c3ncc4ccccc4n3)c3c2n(-c2ccccc2)c2ccccc32)cc1. The fourth-order valence-corrected chi connectivity index (χ4v) is 19.1. The number of thiophene rings is 2. The lowest BCUT2D eigenvalue weighted by atomic mass is 9.37. The maximum atomic E-state index is 6.65. The summed E-state index contributed by atoms with van der Waals surface area (Å²) in [4.78, 5) is 17.1. The molecule has 0 N–H and O–H groups in total. The number of aromatic nitrogens is 3. The van der Waals surface area contributed by atoms with Gasteiger partial charge in [0.2, 0.25) is 11.8 Å². The topological polar surface area (TPSA) is 79.9 Å². The van der Waals surface area contributed by atoms with E-state index in [4.69, 9.17) is 23.2 Å². The molecule has 0 amide bonds. The van der Waals surface area contributed by atoms with Crippen molar-refractivity contribution in [2.75, 3.05) is 14.7 Å². The van der Waals surface area contributed by atoms with Crippen LogP contribution in [0.2, 0.25) is 0 Å². The van der Waals surface area contributed by atoms with E-state index in [1.165, 1.54) is 74.0 Å². The van der Waals surface area contributed by atoms with E-state index < -0.39 is 0 Å². The van der Waals surface area contributed by atoms with Gasteiger partial charge in [-0.2, -0.15) is 0 Å². The minimum Gasteiger partial charge on any atom is -0.468 e. The van der Waals surface area contributed by atoms with Gasteiger partial charge in [0.05, 0.1) is 50.1 Å². The van der Waals surface area contributed by atoms with Gasteiger partial charge in [-0.25, -0.2) is 9.97 Å². The molecule has 9 nitrogen and oxygen atoms in total. The maximum absolute atomic E-state index is 6.65. The van der Waals surface area contributed by atoms with Gasteiger partial charge >= 0.3 is 0 Å². The molecule has 0 fully saturated rings. The molecule has 0 radical (unpaired) electrons. The van der Waals surface area contributed by atoms with Crippen molar-refractivity contribution in [3.63, 3.8) is 0 Å². The molecule has 0 spiro atoms. The minimum atomic E-state index is -0.0581. The molecule has 0 aliphatic carbocycles. The largest absolute Gasteiger partial charge is 0.468 e. The summed E-state index contributed by atoms with van der Waals surface area (Å²) in [5.41, 5.74) is 22.0. The third-order valence-corrected chi connectivity index (χ3v) is 23.4. The molecule has 0 unspecified atom stereocenters. The summed E-state index contributed by atoms with van der Waals surface area (Å²) in [6.07, 6.45) is 1.95. The molecule has 3 aliphatic rings. The van der Waals surface area contributed by atoms with E-state index in [9.17, 15) is 0 Å². The van der Waals surface area contributed by atoms with Crippen molar-refractivity contribution < 1.29 is 13.3 Å². The number of para-hydroxylation sites is 8. The van der Waals surface area contributed by atoms with Crippen LogP contribution in [-0.2, 0) is 0 Å². The van der Waals surface area contributed by atoms with Gasteiger partial charge in [-0.05, 0) is 102 Å². The summed E-state index contributed by atoms with van der Waals surface area (Å²) in [6, 6.07) is 123. The number of rotatable bonds is 7. The summed E-state index contributed by atoms with van der Waals surface area (Å²) in [6.45, 7) is 0.0137. The van der Waals surface area contributed by atoms with E-state index in [2.05, 4.69) is 323 Å². The Morgan fingerprint density at radius 3 is 1.37 bits per heavy atom. The summed E-state index contributed by atoms with van der Waals surface area (Å²) < 4.78 is 26.1. The molecule has 14 heteroatoms. The highest BCUT2D eigenvalue weighted by Gasteiger charge is 2.47. The van der Waals surface area contributed by atoms with Crippen molar-refractivity contribution in [3.8, 4) is 5.69 Å². The molecule has 0 saturated carbocycles. The normalized spacial score (nSPS) is 12.8. The zero-order chi connectivity index (χ0) is 69.8. The molecule has 106 heavy (non-hydrogen) atoms. The maximum Gasteiger partial charge on any atom is 0.297 e. The van der Waals surface area contributed by atoms with Crippen LogP contribution in [0.15, 0.2) is 371 Å². The average molecular weight is 1390 g/mol. The van der Waals surface area contributed by atoms with Gasteiger partial charge in [-0.15, -0.1) is 22.7 Å². The van der Waals surface area contributed by atoms with E-state index in [1.807, 2.05) is 77.4 Å². The minimum absolute atomic E-state index is 0.0258. The van der Waals surface area contributed by atoms with E-state index in [1.54, 1.807) is 0 Å². The molecule has 10 heterocycles. The molecular formula is C92H59B3N6O3S2. The third-order valence-electron chi connectivity index (χ3n) is 21.0. The zero-order valence-corrected chi connectivity index (χ0v) is 58.7. The lowest BCUT2D eigenvalue weighted by Gasteiger charge is -2.33. The fraction of sp³-hybridized carbons (Fsp3) is 0. The first-order valence-corrected chi connectivity index (χ1v) is 37.4. The molecule has 496 valence electrons. The van der Waals surface area contributed by atoms with Gasteiger partial charge in [0.25, 0.3) is 20.1 Å². The number of benzene rings is 13. The number of furan rings is 3. The van der Waals surface area contributed by atoms with Crippen LogP contribution < -0.4 is 63.7 Å². The average Bonchev–Trinajstić information content (AvgIpc) is 1.54.